The van der Waals surface area contributed by atoms with Crippen LogP contribution in [0.4, 0.5) is 19.0 Å². The summed E-state index contributed by atoms with van der Waals surface area (Å²) in [6.07, 6.45) is -3.05. The summed E-state index contributed by atoms with van der Waals surface area (Å²) < 4.78 is 37.0. The van der Waals surface area contributed by atoms with E-state index in [2.05, 4.69) is 4.98 Å². The molecule has 0 aliphatic carbocycles. The minimum atomic E-state index is -4.44. The molecule has 1 aromatic heterocycles. The van der Waals surface area contributed by atoms with Gasteiger partial charge in [-0.1, -0.05) is 6.92 Å². The highest BCUT2D eigenvalue weighted by Gasteiger charge is 2.30. The van der Waals surface area contributed by atoms with E-state index in [1.807, 2.05) is 6.92 Å². The number of hydrogen-bond acceptors (Lipinski definition) is 3. The molecule has 1 heterocycles. The van der Waals surface area contributed by atoms with E-state index in [1.54, 1.807) is 0 Å². The van der Waals surface area contributed by atoms with Gasteiger partial charge in [0.05, 0.1) is 5.56 Å². The summed E-state index contributed by atoms with van der Waals surface area (Å²) in [4.78, 5) is 15.7. The molecule has 0 bridgehead atoms. The number of alkyl halides is 3. The molecule has 0 unspecified atom stereocenters. The lowest BCUT2D eigenvalue weighted by Crippen LogP contribution is -2.31. The van der Waals surface area contributed by atoms with E-state index in [9.17, 15) is 18.0 Å². The standard InChI is InChI=1S/C11H13F3N2O2/c1-2-5-16(7-10(17)18)9-4-3-8(6-15-9)11(12,13)14/h3-4,6H,2,5,7H2,1H3,(H,17,18). The van der Waals surface area contributed by atoms with Crippen molar-refractivity contribution in [3.8, 4) is 0 Å². The topological polar surface area (TPSA) is 53.4 Å². The van der Waals surface area contributed by atoms with Crippen molar-refractivity contribution in [3.05, 3.63) is 23.9 Å². The molecule has 4 nitrogen and oxygen atoms in total. The fraction of sp³-hybridized carbons (Fsp3) is 0.455. The summed E-state index contributed by atoms with van der Waals surface area (Å²) in [6, 6.07) is 2.08. The Morgan fingerprint density at radius 3 is 2.50 bits per heavy atom. The number of aliphatic carboxylic acids is 1. The molecule has 0 spiro atoms. The zero-order valence-electron chi connectivity index (χ0n) is 9.74. The molecule has 18 heavy (non-hydrogen) atoms. The Balaban J connectivity index is 2.90. The lowest BCUT2D eigenvalue weighted by Gasteiger charge is -2.21. The van der Waals surface area contributed by atoms with E-state index < -0.39 is 17.7 Å². The molecule has 1 N–H and O–H groups in total. The van der Waals surface area contributed by atoms with Gasteiger partial charge in [-0.3, -0.25) is 4.79 Å². The highest BCUT2D eigenvalue weighted by Crippen LogP contribution is 2.29. The van der Waals surface area contributed by atoms with Gasteiger partial charge in [0.25, 0.3) is 0 Å². The van der Waals surface area contributed by atoms with Gasteiger partial charge in [0.1, 0.15) is 12.4 Å². The Hall–Kier alpha value is -1.79. The van der Waals surface area contributed by atoms with Gasteiger partial charge in [0.15, 0.2) is 0 Å². The van der Waals surface area contributed by atoms with Gasteiger partial charge in [0.2, 0.25) is 0 Å². The maximum Gasteiger partial charge on any atom is 0.417 e. The van der Waals surface area contributed by atoms with Gasteiger partial charge in [-0.15, -0.1) is 0 Å². The summed E-state index contributed by atoms with van der Waals surface area (Å²) in [5, 5.41) is 8.71. The third kappa shape index (κ3) is 3.90. The van der Waals surface area contributed by atoms with E-state index >= 15 is 0 Å². The molecule has 100 valence electrons. The average Bonchev–Trinajstić information content (AvgIpc) is 2.27. The molecule has 1 aromatic rings. The van der Waals surface area contributed by atoms with Gasteiger partial charge in [-0.05, 0) is 18.6 Å². The molecule has 0 saturated carbocycles. The monoisotopic (exact) mass is 262 g/mol. The molecular weight excluding hydrogens is 249 g/mol. The largest absolute Gasteiger partial charge is 0.480 e. The summed E-state index contributed by atoms with van der Waals surface area (Å²) in [5.74, 6) is -0.822. The zero-order valence-corrected chi connectivity index (χ0v) is 9.74. The van der Waals surface area contributed by atoms with Gasteiger partial charge in [0, 0.05) is 12.7 Å². The predicted molar refractivity (Wildman–Crippen MR) is 59.4 cm³/mol. The first-order valence-corrected chi connectivity index (χ1v) is 5.34. The first-order chi connectivity index (χ1) is 8.34. The molecule has 0 aliphatic heterocycles. The maximum absolute atomic E-state index is 12.3. The Bertz CT molecular complexity index is 404. The highest BCUT2D eigenvalue weighted by atomic mass is 19.4. The third-order valence-corrected chi connectivity index (χ3v) is 2.22. The highest BCUT2D eigenvalue weighted by molar-refractivity contribution is 5.73. The normalized spacial score (nSPS) is 11.3. The van der Waals surface area contributed by atoms with E-state index in [0.717, 1.165) is 6.07 Å². The minimum Gasteiger partial charge on any atom is -0.480 e. The lowest BCUT2D eigenvalue weighted by atomic mass is 10.2. The third-order valence-electron chi connectivity index (χ3n) is 2.22. The van der Waals surface area contributed by atoms with Gasteiger partial charge >= 0.3 is 12.1 Å². The Morgan fingerprint density at radius 1 is 1.44 bits per heavy atom. The van der Waals surface area contributed by atoms with E-state index in [4.69, 9.17) is 5.11 Å². The number of hydrogen-bond donors (Lipinski definition) is 1. The number of pyridine rings is 1. The van der Waals surface area contributed by atoms with Crippen LogP contribution in [0, 0.1) is 0 Å². The number of carboxylic acid groups (broad SMARTS) is 1. The van der Waals surface area contributed by atoms with Crippen LogP contribution in [0.25, 0.3) is 0 Å². The molecule has 0 aromatic carbocycles. The number of carbonyl (C=O) groups is 1. The second kappa shape index (κ2) is 5.70. The Morgan fingerprint density at radius 2 is 2.11 bits per heavy atom. The predicted octanol–water partition coefficient (Wildman–Crippen LogP) is 2.40. The van der Waals surface area contributed by atoms with Crippen molar-refractivity contribution >= 4 is 11.8 Å². The van der Waals surface area contributed by atoms with E-state index in [1.165, 1.54) is 11.0 Å². The van der Waals surface area contributed by atoms with Gasteiger partial charge in [-0.2, -0.15) is 13.2 Å². The van der Waals surface area contributed by atoms with Crippen LogP contribution in [-0.2, 0) is 11.0 Å². The first kappa shape index (κ1) is 14.3. The molecule has 0 amide bonds. The van der Waals surface area contributed by atoms with Crippen LogP contribution >= 0.6 is 0 Å². The van der Waals surface area contributed by atoms with Crippen molar-refractivity contribution in [1.29, 1.82) is 0 Å². The fourth-order valence-corrected chi connectivity index (χ4v) is 1.45. The van der Waals surface area contributed by atoms with Crippen LogP contribution in [0.5, 0.6) is 0 Å². The minimum absolute atomic E-state index is 0.229. The second-order valence-corrected chi connectivity index (χ2v) is 3.72. The van der Waals surface area contributed by atoms with Crippen molar-refractivity contribution < 1.29 is 23.1 Å². The van der Waals surface area contributed by atoms with Gasteiger partial charge < -0.3 is 10.0 Å². The quantitative estimate of drug-likeness (QED) is 0.885. The molecule has 0 radical (unpaired) electrons. The van der Waals surface area contributed by atoms with Crippen LogP contribution in [0.1, 0.15) is 18.9 Å². The van der Waals surface area contributed by atoms with Gasteiger partial charge in [-0.25, -0.2) is 4.98 Å². The molecule has 1 rings (SSSR count). The van der Waals surface area contributed by atoms with Crippen LogP contribution in [0.3, 0.4) is 0 Å². The van der Waals surface area contributed by atoms with Crippen molar-refractivity contribution in [3.63, 3.8) is 0 Å². The van der Waals surface area contributed by atoms with Crippen molar-refractivity contribution in [2.45, 2.75) is 19.5 Å². The molecular formula is C11H13F3N2O2. The number of halogens is 3. The molecule has 0 atom stereocenters. The van der Waals surface area contributed by atoms with Crippen LogP contribution in [0.15, 0.2) is 18.3 Å². The van der Waals surface area contributed by atoms with Crippen molar-refractivity contribution in [2.75, 3.05) is 18.0 Å². The van der Waals surface area contributed by atoms with E-state index in [-0.39, 0.29) is 12.4 Å². The summed E-state index contributed by atoms with van der Waals surface area (Å²) in [6.45, 7) is 1.98. The summed E-state index contributed by atoms with van der Waals surface area (Å²) >= 11 is 0. The van der Waals surface area contributed by atoms with Crippen LogP contribution in [-0.4, -0.2) is 29.1 Å². The number of aromatic nitrogens is 1. The molecule has 0 aliphatic rings. The van der Waals surface area contributed by atoms with Crippen LogP contribution < -0.4 is 4.90 Å². The van der Waals surface area contributed by atoms with Crippen LogP contribution in [0.2, 0.25) is 0 Å². The first-order valence-electron chi connectivity index (χ1n) is 5.34. The number of nitrogens with zero attached hydrogens (tertiary/aromatic N) is 2. The Kier molecular flexibility index (Phi) is 4.52. The summed E-state index contributed by atoms with van der Waals surface area (Å²) in [5.41, 5.74) is -0.849. The summed E-state index contributed by atoms with van der Waals surface area (Å²) in [7, 11) is 0. The second-order valence-electron chi connectivity index (χ2n) is 3.72. The smallest absolute Gasteiger partial charge is 0.417 e. The van der Waals surface area contributed by atoms with Crippen molar-refractivity contribution in [2.24, 2.45) is 0 Å². The molecule has 0 fully saturated rings. The lowest BCUT2D eigenvalue weighted by molar-refractivity contribution is -0.138. The molecule has 7 heteroatoms. The number of anilines is 1. The SMILES string of the molecule is CCCN(CC(=O)O)c1ccc(C(F)(F)F)cn1. The van der Waals surface area contributed by atoms with E-state index in [0.29, 0.717) is 19.2 Å². The average molecular weight is 262 g/mol. The number of rotatable bonds is 5. The maximum atomic E-state index is 12.3. The molecule has 0 saturated heterocycles. The Labute approximate surface area is 102 Å². The number of carboxylic acids is 1. The zero-order chi connectivity index (χ0) is 13.8. The van der Waals surface area contributed by atoms with Crippen molar-refractivity contribution in [1.82, 2.24) is 4.98 Å². The fourth-order valence-electron chi connectivity index (χ4n) is 1.45.